The number of nitrogens with zero attached hydrogens (tertiary/aromatic N) is 1. The minimum Gasteiger partial charge on any atom is -0.479 e. The summed E-state index contributed by atoms with van der Waals surface area (Å²) in [4.78, 5) is 12.1. The normalized spacial score (nSPS) is 12.9. The third-order valence-electron chi connectivity index (χ3n) is 2.25. The first-order valence-electron chi connectivity index (χ1n) is 5.09. The van der Waals surface area contributed by atoms with Crippen molar-refractivity contribution in [3.05, 3.63) is 23.8 Å². The van der Waals surface area contributed by atoms with Gasteiger partial charge in [0.15, 0.2) is 6.10 Å². The van der Waals surface area contributed by atoms with E-state index in [-0.39, 0.29) is 11.3 Å². The molecule has 0 radical (unpaired) electrons. The standard InChI is InChI=1S/C11H12F3NO4/c1-15(2)8-5-6(19-11(12,13)14)3-4-7(8)9(16)10(17)18/h3-5,9,16H,1-2H3,(H,17,18). The van der Waals surface area contributed by atoms with Crippen LogP contribution >= 0.6 is 0 Å². The van der Waals surface area contributed by atoms with Crippen molar-refractivity contribution in [2.24, 2.45) is 0 Å². The number of halogens is 3. The molecule has 0 bridgehead atoms. The highest BCUT2D eigenvalue weighted by atomic mass is 19.4. The minimum atomic E-state index is -4.84. The van der Waals surface area contributed by atoms with Gasteiger partial charge >= 0.3 is 12.3 Å². The molecule has 0 fully saturated rings. The van der Waals surface area contributed by atoms with Crippen molar-refractivity contribution < 1.29 is 32.9 Å². The molecule has 8 heteroatoms. The van der Waals surface area contributed by atoms with Crippen molar-refractivity contribution in [2.75, 3.05) is 19.0 Å². The Hall–Kier alpha value is -1.96. The number of rotatable bonds is 4. The predicted octanol–water partition coefficient (Wildman–Crippen LogP) is 1.77. The van der Waals surface area contributed by atoms with Gasteiger partial charge in [0.05, 0.1) is 0 Å². The van der Waals surface area contributed by atoms with Crippen LogP contribution in [0.2, 0.25) is 0 Å². The van der Waals surface area contributed by atoms with Gasteiger partial charge in [0.2, 0.25) is 0 Å². The summed E-state index contributed by atoms with van der Waals surface area (Å²) >= 11 is 0. The zero-order valence-corrected chi connectivity index (χ0v) is 10.1. The molecule has 1 rings (SSSR count). The number of carboxylic acids is 1. The molecule has 1 unspecified atom stereocenters. The Balaban J connectivity index is 3.19. The Labute approximate surface area is 106 Å². The molecule has 0 saturated heterocycles. The second-order valence-corrected chi connectivity index (χ2v) is 3.90. The average molecular weight is 279 g/mol. The number of anilines is 1. The quantitative estimate of drug-likeness (QED) is 0.879. The fourth-order valence-corrected chi connectivity index (χ4v) is 1.47. The van der Waals surface area contributed by atoms with Crippen LogP contribution in [0.1, 0.15) is 11.7 Å². The highest BCUT2D eigenvalue weighted by Crippen LogP contribution is 2.32. The molecule has 0 aliphatic carbocycles. The Morgan fingerprint density at radius 2 is 1.95 bits per heavy atom. The van der Waals surface area contributed by atoms with Crippen molar-refractivity contribution in [2.45, 2.75) is 12.5 Å². The number of carboxylic acid groups (broad SMARTS) is 1. The summed E-state index contributed by atoms with van der Waals surface area (Å²) in [6.45, 7) is 0. The monoisotopic (exact) mass is 279 g/mol. The highest BCUT2D eigenvalue weighted by molar-refractivity contribution is 5.77. The van der Waals surface area contributed by atoms with Gasteiger partial charge in [-0.3, -0.25) is 0 Å². The van der Waals surface area contributed by atoms with E-state index in [4.69, 9.17) is 5.11 Å². The predicted molar refractivity (Wildman–Crippen MR) is 60.0 cm³/mol. The van der Waals surface area contributed by atoms with Gasteiger partial charge in [0.25, 0.3) is 0 Å². The van der Waals surface area contributed by atoms with E-state index in [2.05, 4.69) is 4.74 Å². The molecule has 1 atom stereocenters. The zero-order chi connectivity index (χ0) is 14.8. The summed E-state index contributed by atoms with van der Waals surface area (Å²) in [7, 11) is 3.01. The van der Waals surface area contributed by atoms with Crippen molar-refractivity contribution in [1.82, 2.24) is 0 Å². The number of hydrogen-bond donors (Lipinski definition) is 2. The van der Waals surface area contributed by atoms with E-state index in [0.717, 1.165) is 18.2 Å². The van der Waals surface area contributed by atoms with E-state index in [1.54, 1.807) is 0 Å². The molecule has 106 valence electrons. The molecule has 0 spiro atoms. The first-order valence-corrected chi connectivity index (χ1v) is 5.09. The summed E-state index contributed by atoms with van der Waals surface area (Å²) in [6.07, 6.45) is -6.66. The molecule has 0 aliphatic rings. The molecule has 1 aromatic rings. The highest BCUT2D eigenvalue weighted by Gasteiger charge is 2.31. The Kier molecular flexibility index (Phi) is 4.25. The number of alkyl halides is 3. The zero-order valence-electron chi connectivity index (χ0n) is 10.1. The number of aliphatic carboxylic acids is 1. The summed E-state index contributed by atoms with van der Waals surface area (Å²) < 4.78 is 40.0. The smallest absolute Gasteiger partial charge is 0.479 e. The summed E-state index contributed by atoms with van der Waals surface area (Å²) in [5.41, 5.74) is 0.101. The lowest BCUT2D eigenvalue weighted by Gasteiger charge is -2.20. The lowest BCUT2D eigenvalue weighted by atomic mass is 10.1. The maximum atomic E-state index is 12.1. The van der Waals surface area contributed by atoms with E-state index in [9.17, 15) is 23.1 Å². The fraction of sp³-hybridized carbons (Fsp3) is 0.364. The van der Waals surface area contributed by atoms with Crippen LogP contribution in [0.15, 0.2) is 18.2 Å². The van der Waals surface area contributed by atoms with Crippen LogP contribution in [0.5, 0.6) is 5.75 Å². The molecule has 2 N–H and O–H groups in total. The van der Waals surface area contributed by atoms with Crippen molar-refractivity contribution in [1.29, 1.82) is 0 Å². The third-order valence-corrected chi connectivity index (χ3v) is 2.25. The molecule has 5 nitrogen and oxygen atoms in total. The summed E-state index contributed by atoms with van der Waals surface area (Å²) in [5, 5.41) is 18.2. The molecular formula is C11H12F3NO4. The van der Waals surface area contributed by atoms with E-state index < -0.39 is 24.2 Å². The number of ether oxygens (including phenoxy) is 1. The largest absolute Gasteiger partial charge is 0.573 e. The van der Waals surface area contributed by atoms with Crippen LogP contribution in [0.4, 0.5) is 18.9 Å². The van der Waals surface area contributed by atoms with Gasteiger partial charge in [-0.25, -0.2) is 4.79 Å². The van der Waals surface area contributed by atoms with Crippen molar-refractivity contribution in [3.8, 4) is 5.75 Å². The molecule has 1 aromatic carbocycles. The Bertz CT molecular complexity index is 473. The molecular weight excluding hydrogens is 267 g/mol. The first-order chi connectivity index (χ1) is 8.61. The number of aliphatic hydroxyl groups excluding tert-OH is 1. The molecule has 0 saturated carbocycles. The molecule has 0 amide bonds. The molecule has 0 heterocycles. The molecule has 0 aliphatic heterocycles. The van der Waals surface area contributed by atoms with Crippen LogP contribution in [-0.2, 0) is 4.79 Å². The Morgan fingerprint density at radius 1 is 1.37 bits per heavy atom. The third kappa shape index (κ3) is 4.02. The number of carbonyl (C=O) groups is 1. The van der Waals surface area contributed by atoms with Crippen LogP contribution in [0.3, 0.4) is 0 Å². The first kappa shape index (κ1) is 15.1. The van der Waals surface area contributed by atoms with Crippen LogP contribution in [0, 0.1) is 0 Å². The topological polar surface area (TPSA) is 70.0 Å². The van der Waals surface area contributed by atoms with Crippen molar-refractivity contribution >= 4 is 11.7 Å². The van der Waals surface area contributed by atoms with Gasteiger partial charge < -0.3 is 19.8 Å². The fourth-order valence-electron chi connectivity index (χ4n) is 1.47. The maximum Gasteiger partial charge on any atom is 0.573 e. The number of aliphatic hydroxyl groups is 1. The van der Waals surface area contributed by atoms with E-state index >= 15 is 0 Å². The molecule has 19 heavy (non-hydrogen) atoms. The lowest BCUT2D eigenvalue weighted by Crippen LogP contribution is -2.20. The lowest BCUT2D eigenvalue weighted by molar-refractivity contribution is -0.274. The second kappa shape index (κ2) is 5.35. The second-order valence-electron chi connectivity index (χ2n) is 3.90. The van der Waals surface area contributed by atoms with Crippen molar-refractivity contribution in [3.63, 3.8) is 0 Å². The number of benzene rings is 1. The van der Waals surface area contributed by atoms with Crippen LogP contribution in [0.25, 0.3) is 0 Å². The van der Waals surface area contributed by atoms with Gasteiger partial charge in [0, 0.05) is 31.4 Å². The van der Waals surface area contributed by atoms with E-state index in [1.807, 2.05) is 0 Å². The summed E-state index contributed by atoms with van der Waals surface area (Å²) in [5.74, 6) is -1.98. The number of hydrogen-bond acceptors (Lipinski definition) is 4. The van der Waals surface area contributed by atoms with Gasteiger partial charge in [0.1, 0.15) is 5.75 Å². The van der Waals surface area contributed by atoms with Crippen LogP contribution < -0.4 is 9.64 Å². The van der Waals surface area contributed by atoms with Gasteiger partial charge in [-0.2, -0.15) is 0 Å². The van der Waals surface area contributed by atoms with E-state index in [0.29, 0.717) is 0 Å². The minimum absolute atomic E-state index is 0.0213. The van der Waals surface area contributed by atoms with Crippen LogP contribution in [-0.4, -0.2) is 36.6 Å². The van der Waals surface area contributed by atoms with Gasteiger partial charge in [-0.05, 0) is 6.07 Å². The Morgan fingerprint density at radius 3 is 2.37 bits per heavy atom. The SMILES string of the molecule is CN(C)c1cc(OC(F)(F)F)ccc1C(O)C(=O)O. The van der Waals surface area contributed by atoms with E-state index in [1.165, 1.54) is 19.0 Å². The summed E-state index contributed by atoms with van der Waals surface area (Å²) in [6, 6.07) is 3.03. The van der Waals surface area contributed by atoms with Gasteiger partial charge in [-0.1, -0.05) is 6.07 Å². The maximum absolute atomic E-state index is 12.1. The molecule has 0 aromatic heterocycles. The average Bonchev–Trinajstić information content (AvgIpc) is 2.25. The van der Waals surface area contributed by atoms with Gasteiger partial charge in [-0.15, -0.1) is 13.2 Å².